The first kappa shape index (κ1) is 13.2. The van der Waals surface area contributed by atoms with Gasteiger partial charge in [0.2, 0.25) is 0 Å². The number of fused-ring (bicyclic) bond motifs is 1. The number of benzene rings is 3. The minimum absolute atomic E-state index is 0.253. The Balaban J connectivity index is 2.51. The summed E-state index contributed by atoms with van der Waals surface area (Å²) in [6, 6.07) is 17.8. The molecular weight excluding hydrogens is 258 g/mol. The lowest BCUT2D eigenvalue weighted by molar-refractivity contribution is 0.473. The van der Waals surface area contributed by atoms with Crippen molar-refractivity contribution in [3.63, 3.8) is 0 Å². The van der Waals surface area contributed by atoms with Gasteiger partial charge in [0.15, 0.2) is 0 Å². The predicted molar refractivity (Wildman–Crippen MR) is 85.2 cm³/mol. The zero-order valence-corrected chi connectivity index (χ0v) is 12.0. The summed E-state index contributed by atoms with van der Waals surface area (Å²) in [5, 5.41) is 22.0. The second kappa shape index (κ2) is 4.96. The molecule has 0 spiro atoms. The summed E-state index contributed by atoms with van der Waals surface area (Å²) in [7, 11) is 0. The van der Waals surface area contributed by atoms with Gasteiger partial charge in [-0.1, -0.05) is 42.5 Å². The van der Waals surface area contributed by atoms with E-state index in [0.717, 1.165) is 33.0 Å². The number of phenolic OH excluding ortho intramolecular Hbond substituents is 1. The quantitative estimate of drug-likeness (QED) is 0.698. The molecule has 1 N–H and O–H groups in total. The monoisotopic (exact) mass is 273 g/mol. The predicted octanol–water partition coefficient (Wildman–Crippen LogP) is 4.70. The van der Waals surface area contributed by atoms with E-state index in [4.69, 9.17) is 0 Å². The molecule has 0 radical (unpaired) electrons. The molecule has 0 fully saturated rings. The molecule has 2 heteroatoms. The van der Waals surface area contributed by atoms with Crippen LogP contribution in [0.25, 0.3) is 21.9 Å². The first-order chi connectivity index (χ1) is 10.1. The SMILES string of the molecule is Cc1ccc(C)c(-c2c(C#N)ccc3ccccc23)c1O. The van der Waals surface area contributed by atoms with Crippen LogP contribution in [0.3, 0.4) is 0 Å². The van der Waals surface area contributed by atoms with Crippen LogP contribution in [0.2, 0.25) is 0 Å². The third kappa shape index (κ3) is 2.04. The van der Waals surface area contributed by atoms with E-state index in [1.54, 1.807) is 0 Å². The molecule has 0 aromatic heterocycles. The van der Waals surface area contributed by atoms with Crippen molar-refractivity contribution in [3.8, 4) is 22.9 Å². The first-order valence-corrected chi connectivity index (χ1v) is 6.85. The maximum Gasteiger partial charge on any atom is 0.126 e. The molecule has 0 aliphatic rings. The Bertz CT molecular complexity index is 888. The van der Waals surface area contributed by atoms with E-state index in [2.05, 4.69) is 6.07 Å². The lowest BCUT2D eigenvalue weighted by Gasteiger charge is -2.15. The van der Waals surface area contributed by atoms with Gasteiger partial charge in [0.1, 0.15) is 5.75 Å². The molecule has 3 rings (SSSR count). The molecule has 102 valence electrons. The molecule has 21 heavy (non-hydrogen) atoms. The third-order valence-corrected chi connectivity index (χ3v) is 3.89. The number of hydrogen-bond donors (Lipinski definition) is 1. The van der Waals surface area contributed by atoms with E-state index < -0.39 is 0 Å². The van der Waals surface area contributed by atoms with Gasteiger partial charge in [0, 0.05) is 11.1 Å². The molecule has 0 saturated carbocycles. The minimum atomic E-state index is 0.253. The van der Waals surface area contributed by atoms with Crippen LogP contribution in [-0.4, -0.2) is 5.11 Å². The Morgan fingerprint density at radius 2 is 1.57 bits per heavy atom. The zero-order valence-electron chi connectivity index (χ0n) is 12.0. The van der Waals surface area contributed by atoms with Gasteiger partial charge < -0.3 is 5.11 Å². The molecular formula is C19H15NO. The molecule has 0 aliphatic carbocycles. The highest BCUT2D eigenvalue weighted by Gasteiger charge is 2.16. The van der Waals surface area contributed by atoms with Crippen molar-refractivity contribution in [1.82, 2.24) is 0 Å². The molecule has 0 amide bonds. The Kier molecular flexibility index (Phi) is 3.12. The molecule has 3 aromatic carbocycles. The van der Waals surface area contributed by atoms with Crippen molar-refractivity contribution >= 4 is 10.8 Å². The first-order valence-electron chi connectivity index (χ1n) is 6.85. The second-order valence-corrected chi connectivity index (χ2v) is 5.24. The molecule has 0 saturated heterocycles. The van der Waals surface area contributed by atoms with Gasteiger partial charge in [0.05, 0.1) is 11.6 Å². The fraction of sp³-hybridized carbons (Fsp3) is 0.105. The van der Waals surface area contributed by atoms with Crippen molar-refractivity contribution in [2.75, 3.05) is 0 Å². The van der Waals surface area contributed by atoms with E-state index >= 15 is 0 Å². The number of aromatic hydroxyl groups is 1. The number of nitrogens with zero attached hydrogens (tertiary/aromatic N) is 1. The van der Waals surface area contributed by atoms with Crippen LogP contribution in [-0.2, 0) is 0 Å². The largest absolute Gasteiger partial charge is 0.507 e. The van der Waals surface area contributed by atoms with Crippen LogP contribution in [0.1, 0.15) is 16.7 Å². The summed E-state index contributed by atoms with van der Waals surface area (Å²) in [4.78, 5) is 0. The van der Waals surface area contributed by atoms with E-state index in [9.17, 15) is 10.4 Å². The number of hydrogen-bond acceptors (Lipinski definition) is 2. The van der Waals surface area contributed by atoms with E-state index in [0.29, 0.717) is 5.56 Å². The van der Waals surface area contributed by atoms with Gasteiger partial charge in [-0.3, -0.25) is 0 Å². The molecule has 2 nitrogen and oxygen atoms in total. The van der Waals surface area contributed by atoms with Crippen LogP contribution >= 0.6 is 0 Å². The van der Waals surface area contributed by atoms with Gasteiger partial charge >= 0.3 is 0 Å². The van der Waals surface area contributed by atoms with Gasteiger partial charge in [-0.2, -0.15) is 5.26 Å². The molecule has 3 aromatic rings. The van der Waals surface area contributed by atoms with Crippen LogP contribution in [0.15, 0.2) is 48.5 Å². The summed E-state index contributed by atoms with van der Waals surface area (Å²) in [6.07, 6.45) is 0. The summed E-state index contributed by atoms with van der Waals surface area (Å²) >= 11 is 0. The Morgan fingerprint density at radius 1 is 0.857 bits per heavy atom. The molecule has 0 aliphatic heterocycles. The van der Waals surface area contributed by atoms with Gasteiger partial charge in [-0.15, -0.1) is 0 Å². The maximum absolute atomic E-state index is 10.5. The van der Waals surface area contributed by atoms with Gasteiger partial charge in [0.25, 0.3) is 0 Å². The second-order valence-electron chi connectivity index (χ2n) is 5.24. The number of rotatable bonds is 1. The number of phenols is 1. The standard InChI is InChI=1S/C19H15NO/c1-12-7-8-13(2)19(21)17(12)18-15(11-20)10-9-14-5-3-4-6-16(14)18/h3-10,21H,1-2H3. The highest BCUT2D eigenvalue weighted by Crippen LogP contribution is 2.40. The van der Waals surface area contributed by atoms with E-state index in [1.165, 1.54) is 0 Å². The van der Waals surface area contributed by atoms with Crippen molar-refractivity contribution in [3.05, 3.63) is 65.2 Å². The molecule has 0 heterocycles. The lowest BCUT2D eigenvalue weighted by Crippen LogP contribution is -1.92. The topological polar surface area (TPSA) is 44.0 Å². The van der Waals surface area contributed by atoms with E-state index in [1.807, 2.05) is 62.4 Å². The van der Waals surface area contributed by atoms with E-state index in [-0.39, 0.29) is 5.75 Å². The number of nitriles is 1. The summed E-state index contributed by atoms with van der Waals surface area (Å²) in [5.74, 6) is 0.253. The summed E-state index contributed by atoms with van der Waals surface area (Å²) < 4.78 is 0. The van der Waals surface area contributed by atoms with Crippen molar-refractivity contribution in [2.24, 2.45) is 0 Å². The zero-order chi connectivity index (χ0) is 15.0. The van der Waals surface area contributed by atoms with Gasteiger partial charge in [-0.05, 0) is 41.8 Å². The third-order valence-electron chi connectivity index (χ3n) is 3.89. The van der Waals surface area contributed by atoms with Crippen molar-refractivity contribution < 1.29 is 5.11 Å². The Morgan fingerprint density at radius 3 is 2.33 bits per heavy atom. The highest BCUT2D eigenvalue weighted by atomic mass is 16.3. The molecule has 0 atom stereocenters. The van der Waals surface area contributed by atoms with Crippen LogP contribution in [0.5, 0.6) is 5.75 Å². The smallest absolute Gasteiger partial charge is 0.126 e. The highest BCUT2D eigenvalue weighted by molar-refractivity contribution is 6.01. The maximum atomic E-state index is 10.5. The average molecular weight is 273 g/mol. The minimum Gasteiger partial charge on any atom is -0.507 e. The fourth-order valence-corrected chi connectivity index (χ4v) is 2.75. The number of aryl methyl sites for hydroxylation is 2. The van der Waals surface area contributed by atoms with Crippen LogP contribution < -0.4 is 0 Å². The van der Waals surface area contributed by atoms with Crippen molar-refractivity contribution in [2.45, 2.75) is 13.8 Å². The van der Waals surface area contributed by atoms with Crippen LogP contribution in [0, 0.1) is 25.2 Å². The summed E-state index contributed by atoms with van der Waals surface area (Å²) in [5.41, 5.74) is 3.92. The average Bonchev–Trinajstić information content (AvgIpc) is 2.51. The Hall–Kier alpha value is -2.79. The fourth-order valence-electron chi connectivity index (χ4n) is 2.75. The lowest BCUT2D eigenvalue weighted by atomic mass is 9.89. The van der Waals surface area contributed by atoms with Crippen LogP contribution in [0.4, 0.5) is 0 Å². The normalized spacial score (nSPS) is 10.5. The van der Waals surface area contributed by atoms with Crippen molar-refractivity contribution in [1.29, 1.82) is 5.26 Å². The molecule has 0 bridgehead atoms. The molecule has 0 unspecified atom stereocenters. The summed E-state index contributed by atoms with van der Waals surface area (Å²) in [6.45, 7) is 3.83. The van der Waals surface area contributed by atoms with Gasteiger partial charge in [-0.25, -0.2) is 0 Å². The Labute approximate surface area is 123 Å².